The van der Waals surface area contributed by atoms with Crippen LogP contribution in [0, 0.1) is 0 Å². The molecule has 2 aromatic rings. The molecule has 1 amide bonds. The molecule has 5 nitrogen and oxygen atoms in total. The molecular formula is C15H12F3N3O2. The summed E-state index contributed by atoms with van der Waals surface area (Å²) in [5, 5.41) is 5.91. The first-order valence-corrected chi connectivity index (χ1v) is 6.94. The molecule has 0 atom stereocenters. The van der Waals surface area contributed by atoms with E-state index in [0.717, 1.165) is 11.0 Å². The number of nitrogens with one attached hydrogen (secondary N) is 1. The second-order valence-corrected chi connectivity index (χ2v) is 5.19. The lowest BCUT2D eigenvalue weighted by molar-refractivity contribution is -0.137. The fraction of sp³-hybridized carbons (Fsp3) is 0.267. The van der Waals surface area contributed by atoms with Crippen molar-refractivity contribution < 1.29 is 18.0 Å². The van der Waals surface area contributed by atoms with Crippen LogP contribution in [0.15, 0.2) is 35.1 Å². The summed E-state index contributed by atoms with van der Waals surface area (Å²) < 4.78 is 40.1. The van der Waals surface area contributed by atoms with Gasteiger partial charge in [0.15, 0.2) is 0 Å². The molecule has 23 heavy (non-hydrogen) atoms. The lowest BCUT2D eigenvalue weighted by atomic mass is 10.0. The number of H-pyrrole nitrogens is 1. The normalized spacial score (nSPS) is 15.3. The Hall–Kier alpha value is -2.64. The van der Waals surface area contributed by atoms with Gasteiger partial charge in [-0.1, -0.05) is 6.07 Å². The first-order chi connectivity index (χ1) is 10.9. The number of amides is 1. The second-order valence-electron chi connectivity index (χ2n) is 5.19. The topological polar surface area (TPSA) is 66.1 Å². The zero-order valence-corrected chi connectivity index (χ0v) is 11.9. The number of nitrogens with zero attached hydrogens (tertiary/aromatic N) is 2. The molecular weight excluding hydrogens is 311 g/mol. The van der Waals surface area contributed by atoms with Crippen LogP contribution in [0.2, 0.25) is 0 Å². The molecule has 1 N–H and O–H groups in total. The van der Waals surface area contributed by atoms with E-state index in [0.29, 0.717) is 6.42 Å². The molecule has 1 aromatic heterocycles. The summed E-state index contributed by atoms with van der Waals surface area (Å²) in [6, 6.07) is 6.20. The Bertz CT molecular complexity index is 794. The molecule has 3 rings (SSSR count). The van der Waals surface area contributed by atoms with Gasteiger partial charge in [-0.15, -0.1) is 0 Å². The third kappa shape index (κ3) is 2.96. The number of benzene rings is 1. The first kappa shape index (κ1) is 15.3. The number of carbonyl (C=O) groups excluding carboxylic acids is 1. The van der Waals surface area contributed by atoms with E-state index in [9.17, 15) is 22.8 Å². The van der Waals surface area contributed by atoms with E-state index in [4.69, 9.17) is 0 Å². The Morgan fingerprint density at radius 3 is 2.48 bits per heavy atom. The monoisotopic (exact) mass is 323 g/mol. The van der Waals surface area contributed by atoms with Crippen molar-refractivity contribution in [3.05, 3.63) is 46.2 Å². The summed E-state index contributed by atoms with van der Waals surface area (Å²) in [4.78, 5) is 23.9. The van der Waals surface area contributed by atoms with Crippen molar-refractivity contribution in [2.45, 2.75) is 19.0 Å². The molecule has 8 heteroatoms. The van der Waals surface area contributed by atoms with Gasteiger partial charge in [-0.2, -0.15) is 18.3 Å². The summed E-state index contributed by atoms with van der Waals surface area (Å²) in [6.07, 6.45) is -3.81. The maximum Gasteiger partial charge on any atom is 0.418 e. The molecule has 1 fully saturated rings. The summed E-state index contributed by atoms with van der Waals surface area (Å²) in [7, 11) is 0. The number of hydrogen-bond donors (Lipinski definition) is 1. The summed E-state index contributed by atoms with van der Waals surface area (Å²) in [5.74, 6) is -0.314. The van der Waals surface area contributed by atoms with E-state index in [1.165, 1.54) is 24.3 Å². The zero-order valence-electron chi connectivity index (χ0n) is 11.9. The molecule has 0 unspecified atom stereocenters. The van der Waals surface area contributed by atoms with Crippen LogP contribution in [0.3, 0.4) is 0 Å². The van der Waals surface area contributed by atoms with Gasteiger partial charge in [0, 0.05) is 24.6 Å². The van der Waals surface area contributed by atoms with E-state index in [-0.39, 0.29) is 35.8 Å². The fourth-order valence-corrected chi connectivity index (χ4v) is 2.57. The van der Waals surface area contributed by atoms with Crippen LogP contribution >= 0.6 is 0 Å². The number of aromatic nitrogens is 2. The minimum absolute atomic E-state index is 0.145. The predicted octanol–water partition coefficient (Wildman–Crippen LogP) is 2.58. The molecule has 0 spiro atoms. The average molecular weight is 323 g/mol. The molecule has 120 valence electrons. The summed E-state index contributed by atoms with van der Waals surface area (Å²) in [6.45, 7) is 0.276. The number of halogens is 3. The SMILES string of the molecule is O=C1CCCN1c1ccc(-c2ccc(=O)[nH]n2)cc1C(F)(F)F. The van der Waals surface area contributed by atoms with Gasteiger partial charge in [0.1, 0.15) is 0 Å². The van der Waals surface area contributed by atoms with E-state index < -0.39 is 17.3 Å². The number of carbonyl (C=O) groups is 1. The lowest BCUT2D eigenvalue weighted by Gasteiger charge is -2.21. The maximum atomic E-state index is 13.4. The van der Waals surface area contributed by atoms with Crippen LogP contribution < -0.4 is 10.5 Å². The van der Waals surface area contributed by atoms with Gasteiger partial charge in [0.2, 0.25) is 5.91 Å². The van der Waals surface area contributed by atoms with Crippen molar-refractivity contribution in [3.8, 4) is 11.3 Å². The van der Waals surface area contributed by atoms with Crippen LogP contribution in [-0.2, 0) is 11.0 Å². The minimum Gasteiger partial charge on any atom is -0.312 e. The standard InChI is InChI=1S/C15H12F3N3O2/c16-15(17,18)10-8-9(11-4-6-13(22)20-19-11)3-5-12(10)21-7-1-2-14(21)23/h3-6,8H,1-2,7H2,(H,20,22). The van der Waals surface area contributed by atoms with Gasteiger partial charge in [0.25, 0.3) is 5.56 Å². The maximum absolute atomic E-state index is 13.4. The van der Waals surface area contributed by atoms with Gasteiger partial charge in [-0.25, -0.2) is 5.10 Å². The van der Waals surface area contributed by atoms with E-state index in [1.807, 2.05) is 0 Å². The Morgan fingerprint density at radius 2 is 1.91 bits per heavy atom. The van der Waals surface area contributed by atoms with Gasteiger partial charge in [-0.05, 0) is 24.6 Å². The molecule has 0 aliphatic carbocycles. The fourth-order valence-electron chi connectivity index (χ4n) is 2.57. The average Bonchev–Trinajstić information content (AvgIpc) is 2.93. The molecule has 2 heterocycles. The highest BCUT2D eigenvalue weighted by atomic mass is 19.4. The molecule has 1 aliphatic rings. The number of anilines is 1. The van der Waals surface area contributed by atoms with Crippen LogP contribution in [0.4, 0.5) is 18.9 Å². The minimum atomic E-state index is -4.60. The van der Waals surface area contributed by atoms with E-state index in [1.54, 1.807) is 0 Å². The van der Waals surface area contributed by atoms with Crippen molar-refractivity contribution in [1.82, 2.24) is 10.2 Å². The third-order valence-electron chi connectivity index (χ3n) is 3.64. The van der Waals surface area contributed by atoms with Crippen LogP contribution in [0.5, 0.6) is 0 Å². The molecule has 1 aromatic carbocycles. The lowest BCUT2D eigenvalue weighted by Crippen LogP contribution is -2.26. The Morgan fingerprint density at radius 1 is 1.13 bits per heavy atom. The Labute approximate surface area is 128 Å². The number of rotatable bonds is 2. The largest absolute Gasteiger partial charge is 0.418 e. The smallest absolute Gasteiger partial charge is 0.312 e. The number of aromatic amines is 1. The van der Waals surface area contributed by atoms with Crippen molar-refractivity contribution >= 4 is 11.6 Å². The van der Waals surface area contributed by atoms with E-state index in [2.05, 4.69) is 10.2 Å². The van der Waals surface area contributed by atoms with E-state index >= 15 is 0 Å². The molecule has 0 radical (unpaired) electrons. The van der Waals surface area contributed by atoms with Crippen molar-refractivity contribution in [2.24, 2.45) is 0 Å². The second kappa shape index (κ2) is 5.53. The zero-order chi connectivity index (χ0) is 16.6. The predicted molar refractivity (Wildman–Crippen MR) is 76.9 cm³/mol. The first-order valence-electron chi connectivity index (χ1n) is 6.94. The number of hydrogen-bond acceptors (Lipinski definition) is 3. The van der Waals surface area contributed by atoms with Crippen LogP contribution in [0.1, 0.15) is 18.4 Å². The Kier molecular flexibility index (Phi) is 3.67. The Balaban J connectivity index is 2.10. The number of alkyl halides is 3. The molecule has 1 saturated heterocycles. The van der Waals surface area contributed by atoms with Gasteiger partial charge in [0.05, 0.1) is 16.9 Å². The highest BCUT2D eigenvalue weighted by Gasteiger charge is 2.37. The third-order valence-corrected chi connectivity index (χ3v) is 3.64. The molecule has 0 bridgehead atoms. The van der Waals surface area contributed by atoms with Crippen LogP contribution in [-0.4, -0.2) is 22.6 Å². The summed E-state index contributed by atoms with van der Waals surface area (Å²) in [5.41, 5.74) is -1.05. The summed E-state index contributed by atoms with van der Waals surface area (Å²) >= 11 is 0. The van der Waals surface area contributed by atoms with Gasteiger partial charge in [-0.3, -0.25) is 9.59 Å². The van der Waals surface area contributed by atoms with Crippen molar-refractivity contribution in [2.75, 3.05) is 11.4 Å². The van der Waals surface area contributed by atoms with Crippen LogP contribution in [0.25, 0.3) is 11.3 Å². The molecule has 0 saturated carbocycles. The van der Waals surface area contributed by atoms with Gasteiger partial charge >= 0.3 is 6.18 Å². The highest BCUT2D eigenvalue weighted by Crippen LogP contribution is 2.39. The van der Waals surface area contributed by atoms with Gasteiger partial charge < -0.3 is 4.90 Å². The van der Waals surface area contributed by atoms with Crippen molar-refractivity contribution in [1.29, 1.82) is 0 Å². The highest BCUT2D eigenvalue weighted by molar-refractivity contribution is 5.96. The van der Waals surface area contributed by atoms with Crippen molar-refractivity contribution in [3.63, 3.8) is 0 Å². The molecule has 1 aliphatic heterocycles. The quantitative estimate of drug-likeness (QED) is 0.924.